The maximum absolute atomic E-state index is 13.3. The Bertz CT molecular complexity index is 691. The van der Waals surface area contributed by atoms with Crippen molar-refractivity contribution in [3.8, 4) is 0 Å². The van der Waals surface area contributed by atoms with Crippen molar-refractivity contribution < 1.29 is 14.7 Å². The number of carbonyl (C=O) groups excluding carboxylic acids is 1. The van der Waals surface area contributed by atoms with Crippen LogP contribution in [0.1, 0.15) is 88.7 Å². The van der Waals surface area contributed by atoms with Crippen LogP contribution in [0.25, 0.3) is 0 Å². The zero-order chi connectivity index (χ0) is 20.6. The fraction of sp³-hybridized carbons (Fsp3) is 0.680. The molecule has 2 aliphatic rings. The molecular formula is C25H37NO3. The second-order valence-electron chi connectivity index (χ2n) is 9.02. The number of carbonyl (C=O) groups is 2. The van der Waals surface area contributed by atoms with Crippen LogP contribution in [0.15, 0.2) is 18.2 Å². The van der Waals surface area contributed by atoms with Crippen LogP contribution in [-0.2, 0) is 22.4 Å². The molecule has 0 bridgehead atoms. The van der Waals surface area contributed by atoms with Gasteiger partial charge in [-0.3, -0.25) is 9.59 Å². The number of carboxylic acid groups (broad SMARTS) is 1. The summed E-state index contributed by atoms with van der Waals surface area (Å²) in [4.78, 5) is 26.0. The number of hydrogen-bond donors (Lipinski definition) is 1. The van der Waals surface area contributed by atoms with Gasteiger partial charge in [0.05, 0.1) is 0 Å². The fourth-order valence-electron chi connectivity index (χ4n) is 5.05. The number of unbranched alkanes of at least 4 members (excludes halogenated alkanes) is 2. The van der Waals surface area contributed by atoms with Gasteiger partial charge in [0.2, 0.25) is 5.91 Å². The third-order valence-corrected chi connectivity index (χ3v) is 6.80. The van der Waals surface area contributed by atoms with Gasteiger partial charge in [-0.05, 0) is 80.9 Å². The number of aliphatic carboxylic acids is 1. The summed E-state index contributed by atoms with van der Waals surface area (Å²) in [7, 11) is 0. The molecule has 0 aromatic heterocycles. The number of anilines is 1. The second-order valence-corrected chi connectivity index (χ2v) is 9.02. The van der Waals surface area contributed by atoms with E-state index in [4.69, 9.17) is 5.11 Å². The van der Waals surface area contributed by atoms with Crippen LogP contribution in [0.3, 0.4) is 0 Å². The highest BCUT2D eigenvalue weighted by molar-refractivity contribution is 5.96. The maximum Gasteiger partial charge on any atom is 0.303 e. The SMILES string of the molecule is CCCCC1CCC(C(=O)N2CCCc3cc(CCCCC(=O)O)ccc32)CC1. The van der Waals surface area contributed by atoms with E-state index in [1.54, 1.807) is 0 Å². The van der Waals surface area contributed by atoms with Gasteiger partial charge in [-0.15, -0.1) is 0 Å². The third-order valence-electron chi connectivity index (χ3n) is 6.80. The summed E-state index contributed by atoms with van der Waals surface area (Å²) in [6.07, 6.45) is 13.3. The average Bonchev–Trinajstić information content (AvgIpc) is 2.74. The van der Waals surface area contributed by atoms with Gasteiger partial charge < -0.3 is 10.0 Å². The molecule has 1 N–H and O–H groups in total. The average molecular weight is 400 g/mol. The van der Waals surface area contributed by atoms with Gasteiger partial charge in [-0.25, -0.2) is 0 Å². The molecule has 1 fully saturated rings. The number of hydrogen-bond acceptors (Lipinski definition) is 2. The van der Waals surface area contributed by atoms with E-state index in [2.05, 4.69) is 30.0 Å². The smallest absolute Gasteiger partial charge is 0.303 e. The van der Waals surface area contributed by atoms with E-state index in [1.807, 2.05) is 0 Å². The van der Waals surface area contributed by atoms with E-state index in [0.29, 0.717) is 5.91 Å². The normalized spacial score (nSPS) is 21.6. The highest BCUT2D eigenvalue weighted by atomic mass is 16.4. The van der Waals surface area contributed by atoms with Gasteiger partial charge in [-0.1, -0.05) is 38.3 Å². The molecule has 3 rings (SSSR count). The Morgan fingerprint density at radius 1 is 1.10 bits per heavy atom. The number of fused-ring (bicyclic) bond motifs is 1. The zero-order valence-corrected chi connectivity index (χ0v) is 18.0. The Kier molecular flexibility index (Phi) is 8.14. The molecule has 1 aliphatic carbocycles. The molecule has 1 aromatic carbocycles. The van der Waals surface area contributed by atoms with Crippen LogP contribution in [0.4, 0.5) is 5.69 Å². The molecule has 160 valence electrons. The first-order valence-electron chi connectivity index (χ1n) is 11.7. The molecule has 4 nitrogen and oxygen atoms in total. The van der Waals surface area contributed by atoms with E-state index in [-0.39, 0.29) is 12.3 Å². The lowest BCUT2D eigenvalue weighted by Crippen LogP contribution is -2.40. The quantitative estimate of drug-likeness (QED) is 0.537. The van der Waals surface area contributed by atoms with Crippen LogP contribution >= 0.6 is 0 Å². The third kappa shape index (κ3) is 6.07. The number of rotatable bonds is 9. The van der Waals surface area contributed by atoms with Crippen LogP contribution in [0.2, 0.25) is 0 Å². The van der Waals surface area contributed by atoms with Crippen molar-refractivity contribution in [1.82, 2.24) is 0 Å². The lowest BCUT2D eigenvalue weighted by molar-refractivity contribution is -0.137. The van der Waals surface area contributed by atoms with Gasteiger partial charge in [0.1, 0.15) is 0 Å². The molecule has 0 spiro atoms. The molecular weight excluding hydrogens is 362 g/mol. The molecule has 0 atom stereocenters. The van der Waals surface area contributed by atoms with E-state index in [9.17, 15) is 9.59 Å². The zero-order valence-electron chi connectivity index (χ0n) is 18.0. The topological polar surface area (TPSA) is 57.6 Å². The van der Waals surface area contributed by atoms with E-state index >= 15 is 0 Å². The van der Waals surface area contributed by atoms with Crippen LogP contribution in [-0.4, -0.2) is 23.5 Å². The summed E-state index contributed by atoms with van der Waals surface area (Å²) in [5.74, 6) is 0.656. The van der Waals surface area contributed by atoms with Gasteiger partial charge in [0.15, 0.2) is 0 Å². The molecule has 0 radical (unpaired) electrons. The van der Waals surface area contributed by atoms with Crippen molar-refractivity contribution in [3.63, 3.8) is 0 Å². The fourth-order valence-corrected chi connectivity index (χ4v) is 5.05. The summed E-state index contributed by atoms with van der Waals surface area (Å²) in [5.41, 5.74) is 3.67. The highest BCUT2D eigenvalue weighted by Gasteiger charge is 2.31. The first kappa shape index (κ1) is 21.9. The molecule has 0 unspecified atom stereocenters. The van der Waals surface area contributed by atoms with Gasteiger partial charge in [0.25, 0.3) is 0 Å². The minimum absolute atomic E-state index is 0.203. The number of aryl methyl sites for hydroxylation is 2. The lowest BCUT2D eigenvalue weighted by atomic mass is 9.79. The van der Waals surface area contributed by atoms with E-state index in [1.165, 1.54) is 43.2 Å². The Balaban J connectivity index is 1.57. The van der Waals surface area contributed by atoms with E-state index in [0.717, 1.165) is 63.1 Å². The van der Waals surface area contributed by atoms with Crippen LogP contribution in [0, 0.1) is 11.8 Å². The highest BCUT2D eigenvalue weighted by Crippen LogP contribution is 2.36. The first-order valence-corrected chi connectivity index (χ1v) is 11.7. The second kappa shape index (κ2) is 10.8. The minimum Gasteiger partial charge on any atom is -0.481 e. The number of carboxylic acids is 1. The Labute approximate surface area is 175 Å². The monoisotopic (exact) mass is 399 g/mol. The van der Waals surface area contributed by atoms with Gasteiger partial charge in [-0.2, -0.15) is 0 Å². The largest absolute Gasteiger partial charge is 0.481 e. The van der Waals surface area contributed by atoms with Crippen LogP contribution in [0.5, 0.6) is 0 Å². The maximum atomic E-state index is 13.3. The number of benzene rings is 1. The molecule has 1 amide bonds. The first-order chi connectivity index (χ1) is 14.1. The molecule has 1 saturated carbocycles. The molecule has 29 heavy (non-hydrogen) atoms. The summed E-state index contributed by atoms with van der Waals surface area (Å²) >= 11 is 0. The minimum atomic E-state index is -0.719. The predicted octanol–water partition coefficient (Wildman–Crippen LogP) is 5.76. The number of amides is 1. The summed E-state index contributed by atoms with van der Waals surface area (Å²) < 4.78 is 0. The Morgan fingerprint density at radius 2 is 1.90 bits per heavy atom. The van der Waals surface area contributed by atoms with Gasteiger partial charge in [0, 0.05) is 24.6 Å². The molecule has 0 saturated heterocycles. The molecule has 1 heterocycles. The summed E-state index contributed by atoms with van der Waals surface area (Å²) in [6, 6.07) is 6.51. The molecule has 1 aliphatic heterocycles. The standard InChI is InChI=1S/C25H37NO3/c1-2-3-7-19-11-14-21(15-12-19)25(29)26-17-6-9-22-18-20(13-16-23(22)26)8-4-5-10-24(27)28/h13,16,18-19,21H,2-12,14-15,17H2,1H3,(H,27,28). The summed E-state index contributed by atoms with van der Waals surface area (Å²) in [5, 5.41) is 8.77. The Hall–Kier alpha value is -1.84. The summed E-state index contributed by atoms with van der Waals surface area (Å²) in [6.45, 7) is 3.10. The number of nitrogens with zero attached hydrogens (tertiary/aromatic N) is 1. The van der Waals surface area contributed by atoms with Crippen molar-refractivity contribution in [2.45, 2.75) is 90.4 Å². The molecule has 1 aromatic rings. The predicted molar refractivity (Wildman–Crippen MR) is 117 cm³/mol. The van der Waals surface area contributed by atoms with Crippen molar-refractivity contribution in [3.05, 3.63) is 29.3 Å². The van der Waals surface area contributed by atoms with Crippen molar-refractivity contribution in [2.75, 3.05) is 11.4 Å². The molecule has 4 heteroatoms. The van der Waals surface area contributed by atoms with Crippen LogP contribution < -0.4 is 4.90 Å². The van der Waals surface area contributed by atoms with Gasteiger partial charge >= 0.3 is 5.97 Å². The lowest BCUT2D eigenvalue weighted by Gasteiger charge is -2.35. The van der Waals surface area contributed by atoms with Crippen molar-refractivity contribution >= 4 is 17.6 Å². The Morgan fingerprint density at radius 3 is 2.62 bits per heavy atom. The van der Waals surface area contributed by atoms with Crippen molar-refractivity contribution in [2.24, 2.45) is 11.8 Å². The van der Waals surface area contributed by atoms with E-state index < -0.39 is 5.97 Å². The van der Waals surface area contributed by atoms with Crippen molar-refractivity contribution in [1.29, 1.82) is 0 Å².